The highest BCUT2D eigenvalue weighted by Crippen LogP contribution is 2.21. The summed E-state index contributed by atoms with van der Waals surface area (Å²) in [6, 6.07) is 0. The van der Waals surface area contributed by atoms with E-state index in [2.05, 4.69) is 0 Å². The van der Waals surface area contributed by atoms with Gasteiger partial charge in [0, 0.05) is 0 Å². The van der Waals surface area contributed by atoms with Crippen LogP contribution in [0.4, 0.5) is 0 Å². The molecule has 0 aromatic rings. The standard InChI is InChI=1S/C12H23NO3/c1-3-15-11(14)12(2,13)9-16-10-7-5-4-6-8-10/h10H,3-9,13H2,1-2H3. The van der Waals surface area contributed by atoms with Crippen molar-refractivity contribution < 1.29 is 14.3 Å². The number of rotatable bonds is 5. The fourth-order valence-corrected chi connectivity index (χ4v) is 1.88. The third kappa shape index (κ3) is 4.10. The Bertz CT molecular complexity index is 222. The van der Waals surface area contributed by atoms with Crippen LogP contribution in [0.3, 0.4) is 0 Å². The molecule has 1 unspecified atom stereocenters. The molecule has 4 nitrogen and oxygen atoms in total. The van der Waals surface area contributed by atoms with Gasteiger partial charge in [0.1, 0.15) is 5.54 Å². The van der Waals surface area contributed by atoms with E-state index in [9.17, 15) is 4.79 Å². The number of esters is 1. The Balaban J connectivity index is 2.31. The lowest BCUT2D eigenvalue weighted by Gasteiger charge is -2.27. The first-order chi connectivity index (χ1) is 7.56. The van der Waals surface area contributed by atoms with Gasteiger partial charge in [-0.05, 0) is 26.7 Å². The third-order valence-corrected chi connectivity index (χ3v) is 2.91. The van der Waals surface area contributed by atoms with Crippen LogP contribution in [0.25, 0.3) is 0 Å². The molecule has 16 heavy (non-hydrogen) atoms. The highest BCUT2D eigenvalue weighted by Gasteiger charge is 2.31. The van der Waals surface area contributed by atoms with Crippen molar-refractivity contribution in [2.75, 3.05) is 13.2 Å². The number of ether oxygens (including phenoxy) is 2. The first kappa shape index (κ1) is 13.5. The van der Waals surface area contributed by atoms with Crippen LogP contribution in [-0.4, -0.2) is 30.8 Å². The molecule has 0 aliphatic heterocycles. The zero-order chi connectivity index (χ0) is 12.0. The molecule has 0 spiro atoms. The first-order valence-electron chi connectivity index (χ1n) is 6.14. The maximum Gasteiger partial charge on any atom is 0.328 e. The molecule has 2 N–H and O–H groups in total. The average Bonchev–Trinajstić information content (AvgIpc) is 2.28. The Morgan fingerprint density at radius 3 is 2.56 bits per heavy atom. The first-order valence-corrected chi connectivity index (χ1v) is 6.14. The number of hydrogen-bond acceptors (Lipinski definition) is 4. The third-order valence-electron chi connectivity index (χ3n) is 2.91. The molecule has 0 heterocycles. The second-order valence-electron chi connectivity index (χ2n) is 4.71. The molecule has 0 bridgehead atoms. The number of carbonyl (C=O) groups is 1. The van der Waals surface area contributed by atoms with E-state index in [0.29, 0.717) is 6.61 Å². The summed E-state index contributed by atoms with van der Waals surface area (Å²) in [5.41, 5.74) is 4.84. The number of nitrogens with two attached hydrogens (primary N) is 1. The predicted molar refractivity (Wildman–Crippen MR) is 62.1 cm³/mol. The van der Waals surface area contributed by atoms with E-state index < -0.39 is 5.54 Å². The van der Waals surface area contributed by atoms with E-state index in [1.165, 1.54) is 19.3 Å². The zero-order valence-electron chi connectivity index (χ0n) is 10.3. The topological polar surface area (TPSA) is 61.5 Å². The summed E-state index contributed by atoms with van der Waals surface area (Å²) in [6.07, 6.45) is 6.15. The summed E-state index contributed by atoms with van der Waals surface area (Å²) in [5.74, 6) is -0.384. The molecular formula is C12H23NO3. The molecule has 1 atom stereocenters. The van der Waals surface area contributed by atoms with Gasteiger partial charge in [-0.3, -0.25) is 0 Å². The van der Waals surface area contributed by atoms with Gasteiger partial charge >= 0.3 is 5.97 Å². The van der Waals surface area contributed by atoms with Crippen molar-refractivity contribution in [2.24, 2.45) is 5.73 Å². The smallest absolute Gasteiger partial charge is 0.328 e. The molecule has 1 saturated carbocycles. The molecule has 94 valence electrons. The molecule has 0 aromatic heterocycles. The Kier molecular flexibility index (Phi) is 5.22. The fraction of sp³-hybridized carbons (Fsp3) is 0.917. The Morgan fingerprint density at radius 2 is 2.00 bits per heavy atom. The van der Waals surface area contributed by atoms with Gasteiger partial charge in [0.15, 0.2) is 0 Å². The molecule has 1 rings (SSSR count). The van der Waals surface area contributed by atoms with E-state index in [1.807, 2.05) is 0 Å². The van der Waals surface area contributed by atoms with Crippen LogP contribution >= 0.6 is 0 Å². The van der Waals surface area contributed by atoms with Crippen LogP contribution in [0.2, 0.25) is 0 Å². The van der Waals surface area contributed by atoms with Crippen molar-refractivity contribution in [3.8, 4) is 0 Å². The second-order valence-corrected chi connectivity index (χ2v) is 4.71. The summed E-state index contributed by atoms with van der Waals surface area (Å²) >= 11 is 0. The minimum atomic E-state index is -1.02. The van der Waals surface area contributed by atoms with Crippen LogP contribution in [-0.2, 0) is 14.3 Å². The molecular weight excluding hydrogens is 206 g/mol. The normalized spacial score (nSPS) is 21.4. The van der Waals surface area contributed by atoms with Crippen LogP contribution in [0.5, 0.6) is 0 Å². The van der Waals surface area contributed by atoms with Crippen LogP contribution in [0.15, 0.2) is 0 Å². The summed E-state index contributed by atoms with van der Waals surface area (Å²) in [4.78, 5) is 11.5. The number of carbonyl (C=O) groups excluding carboxylic acids is 1. The van der Waals surface area contributed by atoms with Gasteiger partial charge in [-0.1, -0.05) is 19.3 Å². The monoisotopic (exact) mass is 229 g/mol. The van der Waals surface area contributed by atoms with E-state index in [1.54, 1.807) is 13.8 Å². The van der Waals surface area contributed by atoms with Gasteiger partial charge in [-0.15, -0.1) is 0 Å². The lowest BCUT2D eigenvalue weighted by atomic mass is 9.97. The fourth-order valence-electron chi connectivity index (χ4n) is 1.88. The summed E-state index contributed by atoms with van der Waals surface area (Å²) in [6.45, 7) is 4.04. The summed E-state index contributed by atoms with van der Waals surface area (Å²) in [5, 5.41) is 0. The molecule has 1 fully saturated rings. The molecule has 0 amide bonds. The van der Waals surface area contributed by atoms with E-state index in [0.717, 1.165) is 12.8 Å². The van der Waals surface area contributed by atoms with Crippen LogP contribution < -0.4 is 5.73 Å². The lowest BCUT2D eigenvalue weighted by molar-refractivity contribution is -0.152. The van der Waals surface area contributed by atoms with Crippen molar-refractivity contribution >= 4 is 5.97 Å². The van der Waals surface area contributed by atoms with Crippen molar-refractivity contribution in [3.05, 3.63) is 0 Å². The van der Waals surface area contributed by atoms with E-state index in [-0.39, 0.29) is 18.7 Å². The molecule has 4 heteroatoms. The van der Waals surface area contributed by atoms with Gasteiger partial charge in [0.05, 0.1) is 19.3 Å². The van der Waals surface area contributed by atoms with Gasteiger partial charge in [0.2, 0.25) is 0 Å². The molecule has 1 aliphatic carbocycles. The maximum absolute atomic E-state index is 11.5. The highest BCUT2D eigenvalue weighted by molar-refractivity contribution is 5.80. The van der Waals surface area contributed by atoms with Gasteiger partial charge in [0.25, 0.3) is 0 Å². The predicted octanol–water partition coefficient (Wildman–Crippen LogP) is 1.62. The van der Waals surface area contributed by atoms with E-state index in [4.69, 9.17) is 15.2 Å². The minimum Gasteiger partial charge on any atom is -0.465 e. The van der Waals surface area contributed by atoms with Gasteiger partial charge < -0.3 is 15.2 Å². The average molecular weight is 229 g/mol. The molecule has 0 radical (unpaired) electrons. The highest BCUT2D eigenvalue weighted by atomic mass is 16.5. The molecule has 0 saturated heterocycles. The maximum atomic E-state index is 11.5. The van der Waals surface area contributed by atoms with Gasteiger partial charge in [-0.25, -0.2) is 4.79 Å². The zero-order valence-corrected chi connectivity index (χ0v) is 10.3. The van der Waals surface area contributed by atoms with Crippen LogP contribution in [0.1, 0.15) is 46.0 Å². The molecule has 1 aliphatic rings. The second kappa shape index (κ2) is 6.21. The Labute approximate surface area is 97.5 Å². The van der Waals surface area contributed by atoms with Crippen LogP contribution in [0, 0.1) is 0 Å². The molecule has 0 aromatic carbocycles. The lowest BCUT2D eigenvalue weighted by Crippen LogP contribution is -2.51. The van der Waals surface area contributed by atoms with Crippen molar-refractivity contribution in [1.82, 2.24) is 0 Å². The minimum absolute atomic E-state index is 0.247. The quantitative estimate of drug-likeness (QED) is 0.728. The van der Waals surface area contributed by atoms with Crippen molar-refractivity contribution in [2.45, 2.75) is 57.6 Å². The van der Waals surface area contributed by atoms with Gasteiger partial charge in [-0.2, -0.15) is 0 Å². The Hall–Kier alpha value is -0.610. The van der Waals surface area contributed by atoms with Crippen molar-refractivity contribution in [3.63, 3.8) is 0 Å². The Morgan fingerprint density at radius 1 is 1.38 bits per heavy atom. The van der Waals surface area contributed by atoms with Crippen molar-refractivity contribution in [1.29, 1.82) is 0 Å². The number of hydrogen-bond donors (Lipinski definition) is 1. The summed E-state index contributed by atoms with van der Waals surface area (Å²) < 4.78 is 10.6. The SMILES string of the molecule is CCOC(=O)C(C)(N)COC1CCCCC1. The summed E-state index contributed by atoms with van der Waals surface area (Å²) in [7, 11) is 0. The van der Waals surface area contributed by atoms with E-state index >= 15 is 0 Å². The largest absolute Gasteiger partial charge is 0.465 e.